The van der Waals surface area contributed by atoms with Gasteiger partial charge in [0.25, 0.3) is 0 Å². The molecule has 1 aromatic heterocycles. The Morgan fingerprint density at radius 2 is 2.09 bits per heavy atom. The Kier molecular flexibility index (Phi) is 4.98. The van der Waals surface area contributed by atoms with Crippen LogP contribution in [0.25, 0.3) is 0 Å². The van der Waals surface area contributed by atoms with E-state index in [-0.39, 0.29) is 11.8 Å². The zero-order valence-electron chi connectivity index (χ0n) is 13.1. The summed E-state index contributed by atoms with van der Waals surface area (Å²) in [5.74, 6) is -1.05. The lowest BCUT2D eigenvalue weighted by Crippen LogP contribution is -2.23. The molecular weight excluding hydrogens is 308 g/mol. The maximum absolute atomic E-state index is 11.6. The normalized spacial score (nSPS) is 21.4. The summed E-state index contributed by atoms with van der Waals surface area (Å²) in [7, 11) is 0. The third-order valence-corrected chi connectivity index (χ3v) is 5.11. The van der Waals surface area contributed by atoms with Gasteiger partial charge in [0.15, 0.2) is 0 Å². The van der Waals surface area contributed by atoms with E-state index in [0.717, 1.165) is 18.7 Å². The Hall–Kier alpha value is -1.85. The fourth-order valence-electron chi connectivity index (χ4n) is 3.24. The second kappa shape index (κ2) is 7.15. The van der Waals surface area contributed by atoms with Gasteiger partial charge in [-0.05, 0) is 41.6 Å². The number of carboxylic acid groups (broad SMARTS) is 1. The van der Waals surface area contributed by atoms with Gasteiger partial charge >= 0.3 is 5.97 Å². The molecule has 1 saturated heterocycles. The molecule has 1 aliphatic rings. The van der Waals surface area contributed by atoms with E-state index in [1.165, 1.54) is 10.5 Å². The van der Waals surface area contributed by atoms with Gasteiger partial charge < -0.3 is 5.11 Å². The van der Waals surface area contributed by atoms with Crippen LogP contribution in [0, 0.1) is 5.92 Å². The van der Waals surface area contributed by atoms with Crippen LogP contribution in [0.2, 0.25) is 0 Å². The molecule has 1 fully saturated rings. The Morgan fingerprint density at radius 3 is 2.78 bits per heavy atom. The largest absolute Gasteiger partial charge is 0.481 e. The predicted molar refractivity (Wildman–Crippen MR) is 91.6 cm³/mol. The maximum Gasteiger partial charge on any atom is 0.308 e. The smallest absolute Gasteiger partial charge is 0.308 e. The van der Waals surface area contributed by atoms with Crippen molar-refractivity contribution in [2.45, 2.75) is 17.4 Å². The highest BCUT2D eigenvalue weighted by Crippen LogP contribution is 2.33. The number of hydrogen-bond donors (Lipinski definition) is 1. The summed E-state index contributed by atoms with van der Waals surface area (Å²) in [6.07, 6.45) is 5.53. The summed E-state index contributed by atoms with van der Waals surface area (Å²) < 4.78 is 0. The molecule has 0 amide bonds. The van der Waals surface area contributed by atoms with Crippen molar-refractivity contribution in [1.29, 1.82) is 0 Å². The number of carboxylic acids is 1. The van der Waals surface area contributed by atoms with E-state index in [4.69, 9.17) is 0 Å². The first-order chi connectivity index (χ1) is 11.2. The van der Waals surface area contributed by atoms with E-state index in [9.17, 15) is 9.90 Å². The van der Waals surface area contributed by atoms with Crippen LogP contribution in [0.5, 0.6) is 0 Å². The molecule has 0 saturated carbocycles. The maximum atomic E-state index is 11.6. The molecule has 0 bridgehead atoms. The number of pyridine rings is 1. The van der Waals surface area contributed by atoms with E-state index in [2.05, 4.69) is 40.4 Å². The summed E-state index contributed by atoms with van der Waals surface area (Å²) in [6, 6.07) is 12.3. The first kappa shape index (κ1) is 16.0. The first-order valence-electron chi connectivity index (χ1n) is 7.65. The lowest BCUT2D eigenvalue weighted by atomic mass is 9.90. The van der Waals surface area contributed by atoms with E-state index in [1.807, 2.05) is 12.1 Å². The summed E-state index contributed by atoms with van der Waals surface area (Å²) >= 11 is 1.72. The number of aliphatic carboxylic acids is 1. The standard InChI is InChI=1S/C18H20N2O2S/c1-23-15-4-2-3-13(9-15)10-20-11-16(17(12-20)18(21)22)14-5-7-19-8-6-14/h2-9,16-17H,10-12H2,1H3,(H,21,22). The van der Waals surface area contributed by atoms with Gasteiger partial charge in [0, 0.05) is 42.8 Å². The number of thioether (sulfide) groups is 1. The molecule has 2 heterocycles. The number of hydrogen-bond acceptors (Lipinski definition) is 4. The second-order valence-corrected chi connectivity index (χ2v) is 6.76. The van der Waals surface area contributed by atoms with Crippen LogP contribution in [0.3, 0.4) is 0 Å². The Labute approximate surface area is 140 Å². The fourth-order valence-corrected chi connectivity index (χ4v) is 3.73. The van der Waals surface area contributed by atoms with Crippen molar-refractivity contribution in [2.24, 2.45) is 5.92 Å². The molecular formula is C18H20N2O2S. The minimum Gasteiger partial charge on any atom is -0.481 e. The van der Waals surface area contributed by atoms with Crippen molar-refractivity contribution in [1.82, 2.24) is 9.88 Å². The van der Waals surface area contributed by atoms with Gasteiger partial charge in [0.05, 0.1) is 5.92 Å². The number of rotatable bonds is 5. The summed E-state index contributed by atoms with van der Waals surface area (Å²) in [5, 5.41) is 9.57. The van der Waals surface area contributed by atoms with Crippen LogP contribution < -0.4 is 0 Å². The van der Waals surface area contributed by atoms with Crippen molar-refractivity contribution < 1.29 is 9.90 Å². The van der Waals surface area contributed by atoms with Crippen molar-refractivity contribution in [2.75, 3.05) is 19.3 Å². The SMILES string of the molecule is CSc1cccc(CN2CC(C(=O)O)C(c3ccncc3)C2)c1. The lowest BCUT2D eigenvalue weighted by Gasteiger charge is -2.16. The monoisotopic (exact) mass is 328 g/mol. The van der Waals surface area contributed by atoms with Gasteiger partial charge in [-0.25, -0.2) is 0 Å². The van der Waals surface area contributed by atoms with Crippen LogP contribution in [0.1, 0.15) is 17.0 Å². The van der Waals surface area contributed by atoms with Gasteiger partial charge in [0.1, 0.15) is 0 Å². The Balaban J connectivity index is 1.76. The number of likely N-dealkylation sites (tertiary alicyclic amines) is 1. The third-order valence-electron chi connectivity index (χ3n) is 4.39. The number of carbonyl (C=O) groups is 1. The number of aromatic nitrogens is 1. The van der Waals surface area contributed by atoms with Gasteiger partial charge in [-0.3, -0.25) is 14.7 Å². The van der Waals surface area contributed by atoms with Crippen molar-refractivity contribution >= 4 is 17.7 Å². The number of benzene rings is 1. The molecule has 0 radical (unpaired) electrons. The Bertz CT molecular complexity index is 678. The average molecular weight is 328 g/mol. The molecule has 2 atom stereocenters. The molecule has 0 spiro atoms. The predicted octanol–water partition coefficient (Wildman–Crippen LogP) is 3.10. The zero-order valence-corrected chi connectivity index (χ0v) is 13.9. The molecule has 23 heavy (non-hydrogen) atoms. The molecule has 3 rings (SSSR count). The molecule has 120 valence electrons. The summed E-state index contributed by atoms with van der Waals surface area (Å²) in [5.41, 5.74) is 2.30. The van der Waals surface area contributed by atoms with Gasteiger partial charge in [-0.1, -0.05) is 12.1 Å². The third kappa shape index (κ3) is 3.74. The molecule has 1 N–H and O–H groups in total. The van der Waals surface area contributed by atoms with Gasteiger partial charge in [-0.2, -0.15) is 0 Å². The zero-order chi connectivity index (χ0) is 16.2. The highest BCUT2D eigenvalue weighted by Gasteiger charge is 2.38. The lowest BCUT2D eigenvalue weighted by molar-refractivity contribution is -0.141. The molecule has 4 nitrogen and oxygen atoms in total. The van der Waals surface area contributed by atoms with Crippen LogP contribution in [-0.2, 0) is 11.3 Å². The average Bonchev–Trinajstić information content (AvgIpc) is 3.00. The molecule has 2 aromatic rings. The first-order valence-corrected chi connectivity index (χ1v) is 8.88. The van der Waals surface area contributed by atoms with E-state index >= 15 is 0 Å². The van der Waals surface area contributed by atoms with Crippen LogP contribution in [0.4, 0.5) is 0 Å². The fraction of sp³-hybridized carbons (Fsp3) is 0.333. The molecule has 5 heteroatoms. The minimum absolute atomic E-state index is 0.0271. The van der Waals surface area contributed by atoms with Crippen molar-refractivity contribution in [3.8, 4) is 0 Å². The van der Waals surface area contributed by atoms with Crippen LogP contribution >= 0.6 is 11.8 Å². The molecule has 1 aliphatic heterocycles. The van der Waals surface area contributed by atoms with E-state index < -0.39 is 5.97 Å². The highest BCUT2D eigenvalue weighted by molar-refractivity contribution is 7.98. The topological polar surface area (TPSA) is 53.4 Å². The van der Waals surface area contributed by atoms with Crippen LogP contribution in [0.15, 0.2) is 53.7 Å². The van der Waals surface area contributed by atoms with Crippen molar-refractivity contribution in [3.05, 3.63) is 59.9 Å². The summed E-state index contributed by atoms with van der Waals surface area (Å²) in [6.45, 7) is 2.15. The Morgan fingerprint density at radius 1 is 1.30 bits per heavy atom. The van der Waals surface area contributed by atoms with E-state index in [1.54, 1.807) is 24.2 Å². The second-order valence-electron chi connectivity index (χ2n) is 5.88. The minimum atomic E-state index is -0.716. The molecule has 0 aliphatic carbocycles. The van der Waals surface area contributed by atoms with Gasteiger partial charge in [0.2, 0.25) is 0 Å². The summed E-state index contributed by atoms with van der Waals surface area (Å²) in [4.78, 5) is 19.1. The quantitative estimate of drug-likeness (QED) is 0.855. The molecule has 1 aromatic carbocycles. The van der Waals surface area contributed by atoms with E-state index in [0.29, 0.717) is 6.54 Å². The number of nitrogens with zero attached hydrogens (tertiary/aromatic N) is 2. The highest BCUT2D eigenvalue weighted by atomic mass is 32.2. The van der Waals surface area contributed by atoms with Crippen LogP contribution in [-0.4, -0.2) is 40.3 Å². The molecule has 2 unspecified atom stereocenters. The van der Waals surface area contributed by atoms with Gasteiger partial charge in [-0.15, -0.1) is 11.8 Å². The van der Waals surface area contributed by atoms with Crippen molar-refractivity contribution in [3.63, 3.8) is 0 Å².